The molecule has 13 heteroatoms. The average molecular weight is 613 g/mol. The van der Waals surface area contributed by atoms with Crippen LogP contribution in [0.3, 0.4) is 0 Å². The summed E-state index contributed by atoms with van der Waals surface area (Å²) >= 11 is 12.4. The van der Waals surface area contributed by atoms with Crippen LogP contribution in [0.4, 0.5) is 15.9 Å². The molecule has 2 aromatic carbocycles. The quantitative estimate of drug-likeness (QED) is 0.0910. The van der Waals surface area contributed by atoms with Gasteiger partial charge < -0.3 is 20.1 Å². The third kappa shape index (κ3) is 6.27. The molecule has 0 saturated carbocycles. The van der Waals surface area contributed by atoms with Crippen LogP contribution >= 0.6 is 23.2 Å². The summed E-state index contributed by atoms with van der Waals surface area (Å²) in [5.41, 5.74) is 7.98. The molecule has 1 fully saturated rings. The minimum atomic E-state index is -0.688. The van der Waals surface area contributed by atoms with E-state index < -0.39 is 16.8 Å². The number of piperidine rings is 1. The minimum Gasteiger partial charge on any atom is -0.482 e. The standard InChI is InChI=1S/C29H27Cl2FN6O4/c1-17(27-24(30)7-8-25(32)28(27)31)41-26-13-19(14-34-29(26)33)20-15-35-37(16-20)21-9-11-36(12-10-21)18(2)42-23-5-3-22(4-6-23)38(39)40/h3-8,13-17,21H,2,9-12H2,1H3,(H2,33,34)/t17-/m1/s1. The zero-order valence-electron chi connectivity index (χ0n) is 22.5. The first-order valence-corrected chi connectivity index (χ1v) is 13.8. The lowest BCUT2D eigenvalue weighted by Crippen LogP contribution is -2.35. The predicted molar refractivity (Wildman–Crippen MR) is 158 cm³/mol. The number of pyridine rings is 1. The largest absolute Gasteiger partial charge is 0.482 e. The Balaban J connectivity index is 1.22. The van der Waals surface area contributed by atoms with Crippen molar-refractivity contribution in [3.63, 3.8) is 0 Å². The smallest absolute Gasteiger partial charge is 0.269 e. The number of nitrogens with two attached hydrogens (primary N) is 1. The summed E-state index contributed by atoms with van der Waals surface area (Å²) in [4.78, 5) is 16.7. The summed E-state index contributed by atoms with van der Waals surface area (Å²) in [7, 11) is 0. The van der Waals surface area contributed by atoms with E-state index in [1.54, 1.807) is 37.5 Å². The highest BCUT2D eigenvalue weighted by atomic mass is 35.5. The average Bonchev–Trinajstić information content (AvgIpc) is 3.47. The summed E-state index contributed by atoms with van der Waals surface area (Å²) in [6.07, 6.45) is 6.27. The monoisotopic (exact) mass is 612 g/mol. The van der Waals surface area contributed by atoms with E-state index in [0.29, 0.717) is 36.0 Å². The van der Waals surface area contributed by atoms with Gasteiger partial charge in [0.15, 0.2) is 17.5 Å². The molecule has 0 bridgehead atoms. The number of benzene rings is 2. The Morgan fingerprint density at radius 1 is 1.17 bits per heavy atom. The number of hydrogen-bond donors (Lipinski definition) is 1. The molecule has 2 aromatic heterocycles. The van der Waals surface area contributed by atoms with Crippen molar-refractivity contribution in [1.29, 1.82) is 0 Å². The molecule has 1 aliphatic heterocycles. The number of ether oxygens (including phenoxy) is 2. The fraction of sp³-hybridized carbons (Fsp3) is 0.241. The maximum absolute atomic E-state index is 14.0. The Morgan fingerprint density at radius 2 is 1.88 bits per heavy atom. The second-order valence-corrected chi connectivity index (χ2v) is 10.6. The molecule has 0 aliphatic carbocycles. The van der Waals surface area contributed by atoms with Gasteiger partial charge in [-0.25, -0.2) is 9.37 Å². The van der Waals surface area contributed by atoms with Gasteiger partial charge in [-0.15, -0.1) is 0 Å². The Morgan fingerprint density at radius 3 is 2.57 bits per heavy atom. The zero-order chi connectivity index (χ0) is 30.0. The van der Waals surface area contributed by atoms with Gasteiger partial charge in [-0.3, -0.25) is 14.8 Å². The van der Waals surface area contributed by atoms with Gasteiger partial charge in [-0.2, -0.15) is 5.10 Å². The molecule has 4 aromatic rings. The van der Waals surface area contributed by atoms with Crippen LogP contribution in [0.2, 0.25) is 10.0 Å². The molecule has 3 heterocycles. The highest BCUT2D eigenvalue weighted by Crippen LogP contribution is 2.37. The van der Waals surface area contributed by atoms with Crippen LogP contribution in [-0.4, -0.2) is 37.7 Å². The molecule has 1 atom stereocenters. The van der Waals surface area contributed by atoms with Gasteiger partial charge in [0, 0.05) is 59.3 Å². The molecular weight excluding hydrogens is 586 g/mol. The van der Waals surface area contributed by atoms with Crippen molar-refractivity contribution in [2.24, 2.45) is 0 Å². The van der Waals surface area contributed by atoms with Crippen LogP contribution in [0, 0.1) is 15.9 Å². The van der Waals surface area contributed by atoms with Crippen LogP contribution in [0.1, 0.15) is 37.5 Å². The van der Waals surface area contributed by atoms with E-state index in [9.17, 15) is 14.5 Å². The van der Waals surface area contributed by atoms with Crippen LogP contribution < -0.4 is 15.2 Å². The van der Waals surface area contributed by atoms with Gasteiger partial charge in [-0.1, -0.05) is 23.2 Å². The SMILES string of the molecule is C=C(Oc1ccc([N+](=O)[O-])cc1)N1CCC(n2cc(-c3cnc(N)c(O[C@H](C)c4c(Cl)ccc(F)c4Cl)c3)cn2)CC1. The van der Waals surface area contributed by atoms with E-state index >= 15 is 0 Å². The Hall–Kier alpha value is -4.35. The fourth-order valence-electron chi connectivity index (χ4n) is 4.78. The van der Waals surface area contributed by atoms with Crippen molar-refractivity contribution in [2.75, 3.05) is 18.8 Å². The molecule has 0 unspecified atom stereocenters. The first-order valence-electron chi connectivity index (χ1n) is 13.1. The van der Waals surface area contributed by atoms with Crippen molar-refractivity contribution < 1.29 is 18.8 Å². The second kappa shape index (κ2) is 12.3. The molecule has 0 radical (unpaired) electrons. The Kier molecular flexibility index (Phi) is 8.51. The Labute approximate surface area is 251 Å². The summed E-state index contributed by atoms with van der Waals surface area (Å²) in [6, 6.07) is 10.4. The Bertz CT molecular complexity index is 1620. The number of rotatable bonds is 9. The number of nitrogens with zero attached hydrogens (tertiary/aromatic N) is 5. The predicted octanol–water partition coefficient (Wildman–Crippen LogP) is 7.21. The number of nitro benzene ring substituents is 1. The number of anilines is 1. The zero-order valence-corrected chi connectivity index (χ0v) is 24.1. The van der Waals surface area contributed by atoms with Gasteiger partial charge in [0.1, 0.15) is 17.7 Å². The molecule has 5 rings (SSSR count). The molecule has 10 nitrogen and oxygen atoms in total. The van der Waals surface area contributed by atoms with Crippen LogP contribution in [0.25, 0.3) is 11.1 Å². The molecule has 218 valence electrons. The van der Waals surface area contributed by atoms with Gasteiger partial charge >= 0.3 is 0 Å². The molecule has 42 heavy (non-hydrogen) atoms. The van der Waals surface area contributed by atoms with E-state index in [-0.39, 0.29) is 27.6 Å². The van der Waals surface area contributed by atoms with Crippen LogP contribution in [-0.2, 0) is 0 Å². The van der Waals surface area contributed by atoms with E-state index in [1.807, 2.05) is 15.8 Å². The van der Waals surface area contributed by atoms with E-state index in [4.69, 9.17) is 38.4 Å². The number of hydrogen-bond acceptors (Lipinski definition) is 8. The lowest BCUT2D eigenvalue weighted by molar-refractivity contribution is -0.384. The number of nitro groups is 1. The molecule has 1 saturated heterocycles. The third-order valence-corrected chi connectivity index (χ3v) is 7.79. The number of non-ortho nitro benzene ring substituents is 1. The number of nitrogen functional groups attached to an aromatic ring is 1. The highest BCUT2D eigenvalue weighted by Gasteiger charge is 2.24. The molecule has 0 spiro atoms. The molecule has 2 N–H and O–H groups in total. The second-order valence-electron chi connectivity index (χ2n) is 9.80. The summed E-state index contributed by atoms with van der Waals surface area (Å²) in [5, 5.41) is 15.6. The van der Waals surface area contributed by atoms with Gasteiger partial charge in [0.25, 0.3) is 5.69 Å². The highest BCUT2D eigenvalue weighted by molar-refractivity contribution is 6.36. The lowest BCUT2D eigenvalue weighted by Gasteiger charge is -2.34. The lowest BCUT2D eigenvalue weighted by atomic mass is 10.1. The molecule has 0 amide bonds. The first-order chi connectivity index (χ1) is 20.1. The van der Waals surface area contributed by atoms with Crippen molar-refractivity contribution >= 4 is 34.7 Å². The topological polar surface area (TPSA) is 122 Å². The van der Waals surface area contributed by atoms with Gasteiger partial charge in [0.05, 0.1) is 22.2 Å². The maximum Gasteiger partial charge on any atom is 0.269 e. The van der Waals surface area contributed by atoms with E-state index in [2.05, 4.69) is 16.7 Å². The maximum atomic E-state index is 14.0. The van der Waals surface area contributed by atoms with Crippen molar-refractivity contribution in [2.45, 2.75) is 31.9 Å². The summed E-state index contributed by atoms with van der Waals surface area (Å²) < 4.78 is 27.8. The summed E-state index contributed by atoms with van der Waals surface area (Å²) in [6.45, 7) is 7.14. The fourth-order valence-corrected chi connectivity index (χ4v) is 5.45. The number of aromatic nitrogens is 3. The molecule has 1 aliphatic rings. The third-order valence-electron chi connectivity index (χ3n) is 7.08. The minimum absolute atomic E-state index is 0.000811. The van der Waals surface area contributed by atoms with E-state index in [1.165, 1.54) is 24.3 Å². The van der Waals surface area contributed by atoms with Crippen LogP contribution in [0.5, 0.6) is 11.5 Å². The van der Waals surface area contributed by atoms with Crippen molar-refractivity contribution in [3.8, 4) is 22.6 Å². The van der Waals surface area contributed by atoms with Gasteiger partial charge in [-0.05, 0) is 56.7 Å². The number of likely N-dealkylation sites (tertiary alicyclic amines) is 1. The van der Waals surface area contributed by atoms with Crippen molar-refractivity contribution in [1.82, 2.24) is 19.7 Å². The summed E-state index contributed by atoms with van der Waals surface area (Å²) in [5.74, 6) is 0.862. The van der Waals surface area contributed by atoms with Gasteiger partial charge in [0.2, 0.25) is 0 Å². The van der Waals surface area contributed by atoms with E-state index in [0.717, 1.165) is 24.0 Å². The number of halogens is 3. The van der Waals surface area contributed by atoms with Crippen molar-refractivity contribution in [3.05, 3.63) is 105 Å². The molecular formula is C29H27Cl2FN6O4. The normalized spacial score (nSPS) is 14.4. The van der Waals surface area contributed by atoms with Crippen LogP contribution in [0.15, 0.2) is 73.5 Å². The first kappa shape index (κ1) is 29.2.